The molecule has 0 bridgehead atoms. The normalized spacial score (nSPS) is 9.50. The third kappa shape index (κ3) is 2.25. The summed E-state index contributed by atoms with van der Waals surface area (Å²) in [4.78, 5) is 10.5. The molecule has 0 radical (unpaired) electrons. The summed E-state index contributed by atoms with van der Waals surface area (Å²) in [5.41, 5.74) is 0.733. The predicted molar refractivity (Wildman–Crippen MR) is 55.2 cm³/mol. The topological polar surface area (TPSA) is 61.1 Å². The van der Waals surface area contributed by atoms with E-state index in [0.717, 1.165) is 0 Å². The van der Waals surface area contributed by atoms with Crippen molar-refractivity contribution in [1.29, 1.82) is 5.26 Å². The van der Waals surface area contributed by atoms with Crippen LogP contribution < -0.4 is 0 Å². The van der Waals surface area contributed by atoms with Crippen LogP contribution in [0, 0.1) is 11.3 Å². The lowest BCUT2D eigenvalue weighted by Crippen LogP contribution is -2.03. The molecule has 14 heavy (non-hydrogen) atoms. The lowest BCUT2D eigenvalue weighted by Gasteiger charge is -2.05. The minimum Gasteiger partial charge on any atom is -0.481 e. The number of nitrogens with zero attached hydrogens (tertiary/aromatic N) is 1. The van der Waals surface area contributed by atoms with Crippen molar-refractivity contribution in [3.8, 4) is 6.07 Å². The van der Waals surface area contributed by atoms with Crippen LogP contribution >= 0.6 is 27.5 Å². The Labute approximate surface area is 94.0 Å². The highest BCUT2D eigenvalue weighted by atomic mass is 79.9. The van der Waals surface area contributed by atoms with Crippen LogP contribution in [0.15, 0.2) is 16.6 Å². The summed E-state index contributed by atoms with van der Waals surface area (Å²) in [5, 5.41) is 17.8. The number of hydrogen-bond acceptors (Lipinski definition) is 2. The molecule has 0 saturated heterocycles. The number of hydrogen-bond donors (Lipinski definition) is 1. The van der Waals surface area contributed by atoms with Crippen molar-refractivity contribution in [2.24, 2.45) is 0 Å². The fourth-order valence-electron chi connectivity index (χ4n) is 1.02. The lowest BCUT2D eigenvalue weighted by molar-refractivity contribution is -0.136. The van der Waals surface area contributed by atoms with E-state index >= 15 is 0 Å². The van der Waals surface area contributed by atoms with Crippen molar-refractivity contribution in [2.75, 3.05) is 0 Å². The molecule has 0 aromatic heterocycles. The first-order chi connectivity index (χ1) is 6.56. The van der Waals surface area contributed by atoms with Crippen molar-refractivity contribution >= 4 is 33.5 Å². The number of carboxylic acid groups (broad SMARTS) is 1. The van der Waals surface area contributed by atoms with Crippen LogP contribution in [0.5, 0.6) is 0 Å². The lowest BCUT2D eigenvalue weighted by atomic mass is 10.1. The number of aliphatic carboxylic acids is 1. The fourth-order valence-corrected chi connectivity index (χ4v) is 1.68. The van der Waals surface area contributed by atoms with E-state index in [-0.39, 0.29) is 6.42 Å². The van der Waals surface area contributed by atoms with Gasteiger partial charge in [0.2, 0.25) is 0 Å². The molecule has 0 saturated carbocycles. The first-order valence-corrected chi connectivity index (χ1v) is 4.82. The second-order valence-electron chi connectivity index (χ2n) is 2.57. The van der Waals surface area contributed by atoms with Gasteiger partial charge in [-0.25, -0.2) is 0 Å². The molecule has 0 spiro atoms. The smallest absolute Gasteiger partial charge is 0.307 e. The van der Waals surface area contributed by atoms with E-state index in [0.29, 0.717) is 20.6 Å². The minimum atomic E-state index is -0.996. The number of nitriles is 1. The van der Waals surface area contributed by atoms with Crippen LogP contribution in [0.4, 0.5) is 0 Å². The molecule has 5 heteroatoms. The monoisotopic (exact) mass is 273 g/mol. The van der Waals surface area contributed by atoms with Gasteiger partial charge in [-0.3, -0.25) is 4.79 Å². The van der Waals surface area contributed by atoms with E-state index in [1.165, 1.54) is 6.07 Å². The summed E-state index contributed by atoms with van der Waals surface area (Å²) in [6.45, 7) is 0. The van der Waals surface area contributed by atoms with Crippen LogP contribution in [0.2, 0.25) is 5.02 Å². The fraction of sp³-hybridized carbons (Fsp3) is 0.111. The Morgan fingerprint density at radius 1 is 1.64 bits per heavy atom. The summed E-state index contributed by atoms with van der Waals surface area (Å²) >= 11 is 8.93. The Kier molecular flexibility index (Phi) is 3.50. The first kappa shape index (κ1) is 11.0. The second kappa shape index (κ2) is 4.45. The number of halogens is 2. The zero-order valence-electron chi connectivity index (χ0n) is 6.92. The second-order valence-corrected chi connectivity index (χ2v) is 3.77. The van der Waals surface area contributed by atoms with E-state index in [2.05, 4.69) is 15.9 Å². The summed E-state index contributed by atoms with van der Waals surface area (Å²) in [6, 6.07) is 4.97. The predicted octanol–water partition coefficient (Wildman–Crippen LogP) is 2.60. The molecule has 0 unspecified atom stereocenters. The molecule has 1 N–H and O–H groups in total. The molecule has 1 aromatic rings. The average Bonchev–Trinajstić information content (AvgIpc) is 2.13. The zero-order chi connectivity index (χ0) is 10.7. The van der Waals surface area contributed by atoms with Gasteiger partial charge in [-0.15, -0.1) is 0 Å². The Bertz CT molecular complexity index is 426. The van der Waals surface area contributed by atoms with Crippen molar-refractivity contribution in [1.82, 2.24) is 0 Å². The first-order valence-electron chi connectivity index (χ1n) is 3.65. The Morgan fingerprint density at radius 2 is 2.29 bits per heavy atom. The van der Waals surface area contributed by atoms with Crippen LogP contribution in [0.3, 0.4) is 0 Å². The van der Waals surface area contributed by atoms with Gasteiger partial charge in [0.1, 0.15) is 0 Å². The highest BCUT2D eigenvalue weighted by Gasteiger charge is 2.12. The van der Waals surface area contributed by atoms with Gasteiger partial charge in [-0.1, -0.05) is 11.6 Å². The maximum absolute atomic E-state index is 10.5. The molecule has 3 nitrogen and oxygen atoms in total. The van der Waals surface area contributed by atoms with Gasteiger partial charge in [-0.2, -0.15) is 5.26 Å². The van der Waals surface area contributed by atoms with Crippen LogP contribution in [-0.2, 0) is 11.2 Å². The summed E-state index contributed by atoms with van der Waals surface area (Å²) < 4.78 is 0.473. The molecule has 0 heterocycles. The summed E-state index contributed by atoms with van der Waals surface area (Å²) in [5.74, 6) is -0.996. The Morgan fingerprint density at radius 3 is 2.79 bits per heavy atom. The van der Waals surface area contributed by atoms with Gasteiger partial charge in [-0.05, 0) is 33.6 Å². The van der Waals surface area contributed by atoms with Gasteiger partial charge in [0.15, 0.2) is 0 Å². The van der Waals surface area contributed by atoms with E-state index in [4.69, 9.17) is 22.0 Å². The quantitative estimate of drug-likeness (QED) is 0.901. The molecule has 0 aliphatic heterocycles. The Hall–Kier alpha value is -1.05. The molecule has 72 valence electrons. The number of rotatable bonds is 2. The van der Waals surface area contributed by atoms with Gasteiger partial charge >= 0.3 is 5.97 Å². The SMILES string of the molecule is N#Cc1ccc(Cl)c(Br)c1CC(=O)O. The van der Waals surface area contributed by atoms with Crippen LogP contribution in [-0.4, -0.2) is 11.1 Å². The molecule has 0 amide bonds. The molecular weight excluding hydrogens is 269 g/mol. The van der Waals surface area contributed by atoms with Crippen molar-refractivity contribution in [3.63, 3.8) is 0 Å². The van der Waals surface area contributed by atoms with Gasteiger partial charge in [0.25, 0.3) is 0 Å². The third-order valence-corrected chi connectivity index (χ3v) is 3.09. The maximum Gasteiger partial charge on any atom is 0.307 e. The molecule has 0 aliphatic carbocycles. The molecule has 0 atom stereocenters. The zero-order valence-corrected chi connectivity index (χ0v) is 9.26. The van der Waals surface area contributed by atoms with Crippen molar-refractivity contribution in [3.05, 3.63) is 32.8 Å². The Balaban J connectivity index is 3.29. The maximum atomic E-state index is 10.5. The average molecular weight is 275 g/mol. The molecule has 1 aromatic carbocycles. The number of carbonyl (C=O) groups is 1. The molecule has 0 aliphatic rings. The largest absolute Gasteiger partial charge is 0.481 e. The standard InChI is InChI=1S/C9H5BrClNO2/c10-9-6(3-8(13)14)5(4-12)1-2-7(9)11/h1-2H,3H2,(H,13,14). The van der Waals surface area contributed by atoms with Gasteiger partial charge in [0.05, 0.1) is 23.1 Å². The summed E-state index contributed by atoms with van der Waals surface area (Å²) in [6.07, 6.45) is -0.218. The summed E-state index contributed by atoms with van der Waals surface area (Å²) in [7, 11) is 0. The minimum absolute atomic E-state index is 0.218. The highest BCUT2D eigenvalue weighted by molar-refractivity contribution is 9.10. The van der Waals surface area contributed by atoms with Crippen LogP contribution in [0.1, 0.15) is 11.1 Å². The van der Waals surface area contributed by atoms with E-state index < -0.39 is 5.97 Å². The number of carboxylic acids is 1. The molecule has 0 fully saturated rings. The highest BCUT2D eigenvalue weighted by Crippen LogP contribution is 2.29. The van der Waals surface area contributed by atoms with E-state index in [1.54, 1.807) is 6.07 Å². The molecular formula is C9H5BrClNO2. The van der Waals surface area contributed by atoms with Gasteiger partial charge < -0.3 is 5.11 Å². The third-order valence-electron chi connectivity index (χ3n) is 1.64. The van der Waals surface area contributed by atoms with Gasteiger partial charge in [0, 0.05) is 4.47 Å². The molecule has 1 rings (SSSR count). The van der Waals surface area contributed by atoms with Crippen molar-refractivity contribution < 1.29 is 9.90 Å². The van der Waals surface area contributed by atoms with Crippen molar-refractivity contribution in [2.45, 2.75) is 6.42 Å². The van der Waals surface area contributed by atoms with E-state index in [9.17, 15) is 4.79 Å². The van der Waals surface area contributed by atoms with E-state index in [1.807, 2.05) is 6.07 Å². The number of benzene rings is 1. The van der Waals surface area contributed by atoms with Crippen LogP contribution in [0.25, 0.3) is 0 Å².